The number of nitrogens with one attached hydrogen (secondary N) is 1. The summed E-state index contributed by atoms with van der Waals surface area (Å²) in [6, 6.07) is 4.17. The molecule has 22 heavy (non-hydrogen) atoms. The molecule has 4 nitrogen and oxygen atoms in total. The lowest BCUT2D eigenvalue weighted by molar-refractivity contribution is -0.128. The average Bonchev–Trinajstić information content (AvgIpc) is 2.82. The molecule has 0 spiro atoms. The summed E-state index contributed by atoms with van der Waals surface area (Å²) in [5.41, 5.74) is 9.52. The number of nitrogens with two attached hydrogens (primary N) is 1. The molecule has 3 rings (SSSR count). The summed E-state index contributed by atoms with van der Waals surface area (Å²) in [6.07, 6.45) is 5.37. The van der Waals surface area contributed by atoms with Gasteiger partial charge in [0.25, 0.3) is 0 Å². The number of Topliss-reactive ketones (excluding diaryl/α,β-unsaturated/α-hetero) is 1. The lowest BCUT2D eigenvalue weighted by atomic mass is 9.66. The lowest BCUT2D eigenvalue weighted by Crippen LogP contribution is -2.40. The number of anilines is 1. The molecule has 0 aliphatic heterocycles. The van der Waals surface area contributed by atoms with E-state index in [9.17, 15) is 4.79 Å². The molecule has 2 aromatic rings. The third-order valence-corrected chi connectivity index (χ3v) is 5.01. The summed E-state index contributed by atoms with van der Waals surface area (Å²) in [4.78, 5) is 20.3. The van der Waals surface area contributed by atoms with Crippen LogP contribution in [0.25, 0.3) is 11.0 Å². The number of imidazole rings is 1. The van der Waals surface area contributed by atoms with Crippen molar-refractivity contribution in [3.05, 3.63) is 23.3 Å². The second-order valence-corrected chi connectivity index (χ2v) is 7.03. The van der Waals surface area contributed by atoms with E-state index in [1.165, 1.54) is 18.4 Å². The van der Waals surface area contributed by atoms with Crippen molar-refractivity contribution in [2.75, 3.05) is 5.73 Å². The number of carbonyl (C=O) groups is 1. The van der Waals surface area contributed by atoms with Crippen LogP contribution in [0.3, 0.4) is 0 Å². The maximum absolute atomic E-state index is 12.9. The van der Waals surface area contributed by atoms with Crippen LogP contribution in [0.2, 0.25) is 0 Å². The number of hydrogen-bond donors (Lipinski definition) is 2. The van der Waals surface area contributed by atoms with Crippen LogP contribution >= 0.6 is 0 Å². The van der Waals surface area contributed by atoms with E-state index >= 15 is 0 Å². The van der Waals surface area contributed by atoms with Crippen molar-refractivity contribution >= 4 is 22.8 Å². The van der Waals surface area contributed by atoms with Crippen molar-refractivity contribution < 1.29 is 4.79 Å². The first-order chi connectivity index (χ1) is 10.4. The Bertz CT molecular complexity index is 714. The molecule has 0 saturated carbocycles. The first-order valence-electron chi connectivity index (χ1n) is 8.26. The van der Waals surface area contributed by atoms with Gasteiger partial charge in [0.15, 0.2) is 5.95 Å². The molecule has 4 heteroatoms. The van der Waals surface area contributed by atoms with E-state index in [1.54, 1.807) is 0 Å². The highest BCUT2D eigenvalue weighted by atomic mass is 16.1. The largest absolute Gasteiger partial charge is 0.369 e. The average molecular weight is 299 g/mol. The maximum atomic E-state index is 12.9. The first kappa shape index (κ1) is 15.1. The Morgan fingerprint density at radius 2 is 2.14 bits per heavy atom. The Balaban J connectivity index is 2.00. The van der Waals surface area contributed by atoms with Crippen LogP contribution in [0.4, 0.5) is 5.95 Å². The zero-order valence-corrected chi connectivity index (χ0v) is 13.7. The Kier molecular flexibility index (Phi) is 3.71. The summed E-state index contributed by atoms with van der Waals surface area (Å²) in [7, 11) is 0. The Morgan fingerprint density at radius 1 is 1.36 bits per heavy atom. The number of carbonyl (C=O) groups excluding carboxylic acids is 1. The van der Waals surface area contributed by atoms with Crippen molar-refractivity contribution in [3.8, 4) is 0 Å². The number of nitrogen functional groups attached to an aromatic ring is 1. The number of benzene rings is 1. The number of rotatable bonds is 4. The maximum Gasteiger partial charge on any atom is 0.198 e. The number of aromatic nitrogens is 2. The van der Waals surface area contributed by atoms with Crippen LogP contribution < -0.4 is 5.73 Å². The van der Waals surface area contributed by atoms with Crippen molar-refractivity contribution in [2.45, 2.75) is 58.3 Å². The minimum absolute atomic E-state index is 0.145. The van der Waals surface area contributed by atoms with Gasteiger partial charge >= 0.3 is 0 Å². The number of unbranched alkanes of at least 4 members (excludes halogenated alkanes) is 2. The second kappa shape index (κ2) is 5.41. The summed E-state index contributed by atoms with van der Waals surface area (Å²) in [5, 5.41) is 0. The van der Waals surface area contributed by atoms with Gasteiger partial charge in [0.2, 0.25) is 0 Å². The van der Waals surface area contributed by atoms with E-state index in [2.05, 4.69) is 23.0 Å². The minimum atomic E-state index is -0.438. The van der Waals surface area contributed by atoms with Gasteiger partial charge in [-0.1, -0.05) is 26.2 Å². The second-order valence-electron chi connectivity index (χ2n) is 7.03. The van der Waals surface area contributed by atoms with E-state index in [-0.39, 0.29) is 5.92 Å². The number of aromatic amines is 1. The Hall–Kier alpha value is -1.84. The van der Waals surface area contributed by atoms with Crippen LogP contribution in [-0.4, -0.2) is 15.8 Å². The lowest BCUT2D eigenvalue weighted by Gasteiger charge is -2.36. The van der Waals surface area contributed by atoms with E-state index in [0.29, 0.717) is 11.7 Å². The predicted molar refractivity (Wildman–Crippen MR) is 89.9 cm³/mol. The van der Waals surface area contributed by atoms with Crippen LogP contribution in [0, 0.1) is 5.92 Å². The fourth-order valence-electron chi connectivity index (χ4n) is 3.75. The summed E-state index contributed by atoms with van der Waals surface area (Å²) < 4.78 is 0. The van der Waals surface area contributed by atoms with E-state index in [1.807, 2.05) is 19.9 Å². The van der Waals surface area contributed by atoms with Crippen LogP contribution in [0.1, 0.15) is 57.6 Å². The molecule has 1 aromatic heterocycles. The summed E-state index contributed by atoms with van der Waals surface area (Å²) in [5.74, 6) is 0.951. The van der Waals surface area contributed by atoms with Crippen molar-refractivity contribution in [1.29, 1.82) is 0 Å². The molecule has 0 fully saturated rings. The standard InChI is InChI=1S/C18H25N3O/c1-4-5-6-7-11-8-12-9-14-15(21-17(19)20-14)10-13(12)18(2,3)16(11)22/h9-11H,4-8H2,1-3H3,(H3,19,20,21). The minimum Gasteiger partial charge on any atom is -0.369 e. The van der Waals surface area contributed by atoms with Crippen molar-refractivity contribution in [3.63, 3.8) is 0 Å². The molecule has 3 N–H and O–H groups in total. The van der Waals surface area contributed by atoms with Gasteiger partial charge in [-0.3, -0.25) is 4.79 Å². The zero-order chi connectivity index (χ0) is 15.9. The highest BCUT2D eigenvalue weighted by Gasteiger charge is 2.41. The molecule has 118 valence electrons. The molecule has 0 saturated heterocycles. The Labute approximate surface area is 131 Å². The number of ketones is 1. The summed E-state index contributed by atoms with van der Waals surface area (Å²) >= 11 is 0. The first-order valence-corrected chi connectivity index (χ1v) is 8.26. The monoisotopic (exact) mass is 299 g/mol. The van der Waals surface area contributed by atoms with Crippen LogP contribution in [0.15, 0.2) is 12.1 Å². The van der Waals surface area contributed by atoms with E-state index < -0.39 is 5.41 Å². The normalized spacial score (nSPS) is 20.3. The van der Waals surface area contributed by atoms with Gasteiger partial charge in [0, 0.05) is 11.3 Å². The topological polar surface area (TPSA) is 71.8 Å². The molecule has 1 aliphatic rings. The number of hydrogen-bond acceptors (Lipinski definition) is 3. The van der Waals surface area contributed by atoms with Crippen molar-refractivity contribution in [2.24, 2.45) is 5.92 Å². The quantitative estimate of drug-likeness (QED) is 0.845. The van der Waals surface area contributed by atoms with Gasteiger partial charge in [-0.2, -0.15) is 0 Å². The molecule has 1 aromatic carbocycles. The summed E-state index contributed by atoms with van der Waals surface area (Å²) in [6.45, 7) is 6.28. The van der Waals surface area contributed by atoms with Gasteiger partial charge in [-0.25, -0.2) is 4.98 Å². The molecule has 1 aliphatic carbocycles. The fourth-order valence-corrected chi connectivity index (χ4v) is 3.75. The SMILES string of the molecule is CCCCCC1Cc2cc3[nH]c(N)nc3cc2C(C)(C)C1=O. The molecule has 1 atom stereocenters. The third-order valence-electron chi connectivity index (χ3n) is 5.01. The molecular weight excluding hydrogens is 274 g/mol. The number of H-pyrrole nitrogens is 1. The third kappa shape index (κ3) is 2.40. The molecule has 1 heterocycles. The molecule has 0 radical (unpaired) electrons. The number of nitrogens with zero attached hydrogens (tertiary/aromatic N) is 1. The van der Waals surface area contributed by atoms with E-state index in [0.717, 1.165) is 35.9 Å². The van der Waals surface area contributed by atoms with Gasteiger partial charge in [-0.05, 0) is 49.9 Å². The smallest absolute Gasteiger partial charge is 0.198 e. The van der Waals surface area contributed by atoms with Crippen LogP contribution in [0.5, 0.6) is 0 Å². The van der Waals surface area contributed by atoms with Gasteiger partial charge in [0.1, 0.15) is 5.78 Å². The van der Waals surface area contributed by atoms with Gasteiger partial charge < -0.3 is 10.7 Å². The highest BCUT2D eigenvalue weighted by Crippen LogP contribution is 2.40. The molecule has 1 unspecified atom stereocenters. The molecular formula is C18H25N3O. The number of fused-ring (bicyclic) bond motifs is 2. The predicted octanol–water partition coefficient (Wildman–Crippen LogP) is 3.74. The molecule has 0 bridgehead atoms. The molecule has 0 amide bonds. The van der Waals surface area contributed by atoms with Crippen molar-refractivity contribution in [1.82, 2.24) is 9.97 Å². The van der Waals surface area contributed by atoms with Gasteiger partial charge in [-0.15, -0.1) is 0 Å². The van der Waals surface area contributed by atoms with Crippen LogP contribution in [-0.2, 0) is 16.6 Å². The fraction of sp³-hybridized carbons (Fsp3) is 0.556. The van der Waals surface area contributed by atoms with Gasteiger partial charge in [0.05, 0.1) is 11.0 Å². The van der Waals surface area contributed by atoms with E-state index in [4.69, 9.17) is 5.73 Å². The highest BCUT2D eigenvalue weighted by molar-refractivity contribution is 5.95. The zero-order valence-electron chi connectivity index (χ0n) is 13.7. The Morgan fingerprint density at radius 3 is 2.86 bits per heavy atom.